The number of nitrogens with two attached hydrogens (primary N) is 1. The number of nitrogens with zero attached hydrogens (tertiary/aromatic N) is 2. The molecule has 0 saturated carbocycles. The Bertz CT molecular complexity index is 730. The first kappa shape index (κ1) is 19.2. The Morgan fingerprint density at radius 2 is 2.04 bits per heavy atom. The average Bonchev–Trinajstić information content (AvgIpc) is 3.19. The van der Waals surface area contributed by atoms with Crippen LogP contribution in [0.5, 0.6) is 0 Å². The van der Waals surface area contributed by atoms with Crippen molar-refractivity contribution in [1.82, 2.24) is 9.80 Å². The Balaban J connectivity index is 1.38. The molecule has 0 aromatic heterocycles. The lowest BCUT2D eigenvalue weighted by molar-refractivity contribution is -0.131. The number of hydrogen-bond acceptors (Lipinski definition) is 4. The molecule has 0 spiro atoms. The van der Waals surface area contributed by atoms with Gasteiger partial charge in [-0.05, 0) is 48.8 Å². The maximum absolute atomic E-state index is 12.2. The Labute approximate surface area is 160 Å². The van der Waals surface area contributed by atoms with Gasteiger partial charge in [0.15, 0.2) is 0 Å². The topological polar surface area (TPSA) is 49.6 Å². The zero-order valence-corrected chi connectivity index (χ0v) is 16.4. The van der Waals surface area contributed by atoms with Crippen molar-refractivity contribution < 1.29 is 4.79 Å². The highest BCUT2D eigenvalue weighted by Gasteiger charge is 2.23. The third-order valence-corrected chi connectivity index (χ3v) is 5.92. The van der Waals surface area contributed by atoms with Crippen molar-refractivity contribution in [1.29, 1.82) is 0 Å². The van der Waals surface area contributed by atoms with Crippen LogP contribution in [-0.4, -0.2) is 53.5 Å². The van der Waals surface area contributed by atoms with Crippen molar-refractivity contribution in [2.75, 3.05) is 31.8 Å². The van der Waals surface area contributed by atoms with Gasteiger partial charge in [0.25, 0.3) is 0 Å². The average molecular weight is 372 g/mol. The molecule has 3 rings (SSSR count). The van der Waals surface area contributed by atoms with Crippen molar-refractivity contribution in [2.45, 2.75) is 31.8 Å². The number of thioether (sulfide) groups is 1. The summed E-state index contributed by atoms with van der Waals surface area (Å²) < 4.78 is 0. The largest absolute Gasteiger partial charge is 0.331 e. The predicted octanol–water partition coefficient (Wildman–Crippen LogP) is 3.30. The van der Waals surface area contributed by atoms with Gasteiger partial charge >= 0.3 is 0 Å². The van der Waals surface area contributed by atoms with E-state index in [1.807, 2.05) is 4.90 Å². The molecule has 5 heteroatoms. The Morgan fingerprint density at radius 3 is 2.81 bits per heavy atom. The molecule has 2 N–H and O–H groups in total. The Hall–Kier alpha value is -1.56. The number of hydrogen-bond donors (Lipinski definition) is 1. The lowest BCUT2D eigenvalue weighted by atomic mass is 10.1. The first-order valence-electron chi connectivity index (χ1n) is 9.42. The van der Waals surface area contributed by atoms with Crippen LogP contribution in [0.4, 0.5) is 0 Å². The van der Waals surface area contributed by atoms with Gasteiger partial charge in [0.05, 0.1) is 11.9 Å². The second-order valence-corrected chi connectivity index (χ2v) is 8.24. The number of unbranched alkanes of at least 4 members (excludes halogenated alkanes) is 1. The molecule has 26 heavy (non-hydrogen) atoms. The summed E-state index contributed by atoms with van der Waals surface area (Å²) in [4.78, 5) is 16.4. The van der Waals surface area contributed by atoms with Crippen molar-refractivity contribution in [3.05, 3.63) is 48.0 Å². The van der Waals surface area contributed by atoms with Crippen LogP contribution < -0.4 is 5.73 Å². The standard InChI is InChI=1S/C21H29N3OS/c1-23(15-17-9-10-18-6-2-3-7-19(18)14-17)11-5-4-8-20(22)21(25)24-12-13-26-16-24/h2-3,6-7,9-10,14,20H,4-5,8,11-13,15-16,22H2,1H3/t20-/m0/s1. The van der Waals surface area contributed by atoms with Gasteiger partial charge in [-0.1, -0.05) is 42.8 Å². The van der Waals surface area contributed by atoms with Crippen LogP contribution in [0.3, 0.4) is 0 Å². The Kier molecular flexibility index (Phi) is 6.94. The molecule has 1 heterocycles. The smallest absolute Gasteiger partial charge is 0.240 e. The van der Waals surface area contributed by atoms with Crippen LogP contribution in [-0.2, 0) is 11.3 Å². The number of carbonyl (C=O) groups is 1. The summed E-state index contributed by atoms with van der Waals surface area (Å²) in [6.07, 6.45) is 2.85. The maximum Gasteiger partial charge on any atom is 0.240 e. The second-order valence-electron chi connectivity index (χ2n) is 7.16. The lowest BCUT2D eigenvalue weighted by Gasteiger charge is -2.20. The molecule has 1 atom stereocenters. The number of benzene rings is 2. The normalized spacial score (nSPS) is 15.7. The fourth-order valence-electron chi connectivity index (χ4n) is 3.42. The third kappa shape index (κ3) is 5.22. The zero-order valence-electron chi connectivity index (χ0n) is 15.6. The highest BCUT2D eigenvalue weighted by atomic mass is 32.2. The van der Waals surface area contributed by atoms with Crippen LogP contribution in [0, 0.1) is 0 Å². The van der Waals surface area contributed by atoms with E-state index in [0.29, 0.717) is 0 Å². The van der Waals surface area contributed by atoms with E-state index in [4.69, 9.17) is 5.73 Å². The molecule has 1 fully saturated rings. The number of fused-ring (bicyclic) bond motifs is 1. The highest BCUT2D eigenvalue weighted by molar-refractivity contribution is 7.99. The van der Waals surface area contributed by atoms with E-state index in [0.717, 1.165) is 50.5 Å². The summed E-state index contributed by atoms with van der Waals surface area (Å²) in [6, 6.07) is 14.8. The fourth-order valence-corrected chi connectivity index (χ4v) is 4.37. The van der Waals surface area contributed by atoms with Gasteiger partial charge in [-0.25, -0.2) is 0 Å². The Morgan fingerprint density at radius 1 is 1.23 bits per heavy atom. The molecular formula is C21H29N3OS. The molecule has 1 aliphatic heterocycles. The van der Waals surface area contributed by atoms with E-state index in [1.54, 1.807) is 11.8 Å². The summed E-state index contributed by atoms with van der Waals surface area (Å²) in [7, 11) is 2.15. The van der Waals surface area contributed by atoms with Gasteiger partial charge in [0.1, 0.15) is 0 Å². The molecule has 1 amide bonds. The second kappa shape index (κ2) is 9.40. The van der Waals surface area contributed by atoms with Gasteiger partial charge in [0.2, 0.25) is 5.91 Å². The van der Waals surface area contributed by atoms with Crippen molar-refractivity contribution in [2.24, 2.45) is 5.73 Å². The molecule has 1 aliphatic rings. The van der Waals surface area contributed by atoms with Gasteiger partial charge < -0.3 is 15.5 Å². The van der Waals surface area contributed by atoms with Crippen LogP contribution in [0.25, 0.3) is 10.8 Å². The number of rotatable bonds is 8. The molecule has 0 unspecified atom stereocenters. The van der Waals surface area contributed by atoms with Gasteiger partial charge in [-0.3, -0.25) is 4.79 Å². The van der Waals surface area contributed by atoms with Gasteiger partial charge in [-0.15, -0.1) is 11.8 Å². The van der Waals surface area contributed by atoms with E-state index >= 15 is 0 Å². The maximum atomic E-state index is 12.2. The fraction of sp³-hybridized carbons (Fsp3) is 0.476. The van der Waals surface area contributed by atoms with Crippen molar-refractivity contribution >= 4 is 28.4 Å². The van der Waals surface area contributed by atoms with Crippen LogP contribution in [0.1, 0.15) is 24.8 Å². The molecule has 1 saturated heterocycles. The summed E-state index contributed by atoms with van der Waals surface area (Å²) in [6.45, 7) is 2.82. The zero-order chi connectivity index (χ0) is 18.4. The summed E-state index contributed by atoms with van der Waals surface area (Å²) >= 11 is 1.80. The minimum atomic E-state index is -0.334. The summed E-state index contributed by atoms with van der Waals surface area (Å²) in [5.41, 5.74) is 7.41. The summed E-state index contributed by atoms with van der Waals surface area (Å²) in [5.74, 6) is 1.97. The molecule has 0 radical (unpaired) electrons. The van der Waals surface area contributed by atoms with E-state index in [2.05, 4.69) is 54.4 Å². The van der Waals surface area contributed by atoms with Crippen LogP contribution >= 0.6 is 11.8 Å². The number of amides is 1. The molecule has 4 nitrogen and oxygen atoms in total. The predicted molar refractivity (Wildman–Crippen MR) is 111 cm³/mol. The summed E-state index contributed by atoms with van der Waals surface area (Å²) in [5, 5.41) is 2.58. The molecule has 2 aromatic carbocycles. The molecular weight excluding hydrogens is 342 g/mol. The first-order valence-corrected chi connectivity index (χ1v) is 10.6. The van der Waals surface area contributed by atoms with Crippen molar-refractivity contribution in [3.63, 3.8) is 0 Å². The molecule has 0 aliphatic carbocycles. The van der Waals surface area contributed by atoms with Gasteiger partial charge in [0, 0.05) is 18.8 Å². The van der Waals surface area contributed by atoms with Crippen LogP contribution in [0.2, 0.25) is 0 Å². The quantitative estimate of drug-likeness (QED) is 0.724. The minimum Gasteiger partial charge on any atom is -0.331 e. The van der Waals surface area contributed by atoms with Crippen molar-refractivity contribution in [3.8, 4) is 0 Å². The lowest BCUT2D eigenvalue weighted by Crippen LogP contribution is -2.42. The molecule has 2 aromatic rings. The molecule has 140 valence electrons. The van der Waals surface area contributed by atoms with E-state index in [9.17, 15) is 4.79 Å². The van der Waals surface area contributed by atoms with E-state index < -0.39 is 0 Å². The highest BCUT2D eigenvalue weighted by Crippen LogP contribution is 2.17. The van der Waals surface area contributed by atoms with Crippen LogP contribution in [0.15, 0.2) is 42.5 Å². The molecule has 0 bridgehead atoms. The third-order valence-electron chi connectivity index (χ3n) is 4.95. The van der Waals surface area contributed by atoms with Gasteiger partial charge in [-0.2, -0.15) is 0 Å². The SMILES string of the molecule is CN(CCCC[C@H](N)C(=O)N1CCSC1)Cc1ccc2ccccc2c1. The van der Waals surface area contributed by atoms with E-state index in [-0.39, 0.29) is 11.9 Å². The number of carbonyl (C=O) groups excluding carboxylic acids is 1. The first-order chi connectivity index (χ1) is 12.6. The van der Waals surface area contributed by atoms with E-state index in [1.165, 1.54) is 16.3 Å². The minimum absolute atomic E-state index is 0.125. The monoisotopic (exact) mass is 371 g/mol.